The number of hydrogen-bond donors (Lipinski definition) is 4. The second kappa shape index (κ2) is 39.7. The fourth-order valence-electron chi connectivity index (χ4n) is 6.28. The number of rotatable bonds is 37. The molecule has 1 fully saturated rings. The van der Waals surface area contributed by atoms with Gasteiger partial charge in [-0.2, -0.15) is 8.42 Å². The van der Waals surface area contributed by atoms with Crippen LogP contribution in [0.1, 0.15) is 142 Å². The average molecular weight is 917 g/mol. The highest BCUT2D eigenvalue weighted by Gasteiger charge is 2.46. The number of aliphatic hydroxyl groups is 3. The summed E-state index contributed by atoms with van der Waals surface area (Å²) in [5.74, 6) is -2.08. The second-order valence-electron chi connectivity index (χ2n) is 15.7. The Morgan fingerprint density at radius 3 is 1.39 bits per heavy atom. The predicted octanol–water partition coefficient (Wildman–Crippen LogP) is 10.0. The third kappa shape index (κ3) is 33.8. The summed E-state index contributed by atoms with van der Waals surface area (Å²) in [4.78, 5) is 25.5. The van der Waals surface area contributed by atoms with E-state index in [-0.39, 0.29) is 19.4 Å². The maximum absolute atomic E-state index is 12.8. The van der Waals surface area contributed by atoms with Crippen LogP contribution in [-0.2, 0) is 38.7 Å². The van der Waals surface area contributed by atoms with Gasteiger partial charge in [-0.05, 0) is 96.3 Å². The summed E-state index contributed by atoms with van der Waals surface area (Å²) < 4.78 is 54.1. The Balaban J connectivity index is 2.49. The molecule has 0 amide bonds. The van der Waals surface area contributed by atoms with Gasteiger partial charge >= 0.3 is 11.9 Å². The van der Waals surface area contributed by atoms with Gasteiger partial charge in [-0.15, -0.1) is 0 Å². The number of allylic oxidation sites excluding steroid dienone is 18. The molecule has 0 aromatic carbocycles. The largest absolute Gasteiger partial charge is 0.462 e. The third-order valence-corrected chi connectivity index (χ3v) is 10.6. The van der Waals surface area contributed by atoms with Crippen LogP contribution in [0.25, 0.3) is 0 Å². The summed E-state index contributed by atoms with van der Waals surface area (Å²) in [6.45, 7) is 3.47. The number of esters is 2. The maximum Gasteiger partial charge on any atom is 0.306 e. The van der Waals surface area contributed by atoms with Crippen molar-refractivity contribution in [2.75, 3.05) is 19.0 Å². The molecule has 6 atom stereocenters. The van der Waals surface area contributed by atoms with E-state index in [9.17, 15) is 37.9 Å². The summed E-state index contributed by atoms with van der Waals surface area (Å²) in [7, 11) is -4.62. The van der Waals surface area contributed by atoms with Crippen LogP contribution in [0.5, 0.6) is 0 Å². The van der Waals surface area contributed by atoms with Gasteiger partial charge in [-0.3, -0.25) is 14.1 Å². The quantitative estimate of drug-likeness (QED) is 0.0200. The van der Waals surface area contributed by atoms with Gasteiger partial charge in [0.2, 0.25) is 0 Å². The van der Waals surface area contributed by atoms with E-state index in [1.165, 1.54) is 0 Å². The van der Waals surface area contributed by atoms with E-state index in [0.717, 1.165) is 103 Å². The lowest BCUT2D eigenvalue weighted by molar-refractivity contribution is -0.297. The average Bonchev–Trinajstić information content (AvgIpc) is 3.26. The molecule has 0 aromatic rings. The molecule has 1 rings (SSSR count). The zero-order valence-corrected chi connectivity index (χ0v) is 39.4. The van der Waals surface area contributed by atoms with Crippen LogP contribution in [0.15, 0.2) is 109 Å². The van der Waals surface area contributed by atoms with Crippen molar-refractivity contribution in [3.05, 3.63) is 109 Å². The van der Waals surface area contributed by atoms with Crippen molar-refractivity contribution in [3.63, 3.8) is 0 Å². The number of hydrogen-bond acceptors (Lipinski definition) is 11. The van der Waals surface area contributed by atoms with E-state index in [1.807, 2.05) is 0 Å². The highest BCUT2D eigenvalue weighted by molar-refractivity contribution is 7.85. The SMILES string of the molecule is CC/C=C\C/C=C\C/C=C\C/C=C\C/C=C\CCCCCC(=O)OC(COC(=O)CCCCCC/C=C\C/C=C\C/C=C\C/C=C\CC)COC1OC(CS(=O)(=O)O)C(O)C(O)C1O. The Kier molecular flexibility index (Phi) is 36.1. The molecule has 0 aliphatic carbocycles. The highest BCUT2D eigenvalue weighted by atomic mass is 32.2. The van der Waals surface area contributed by atoms with Gasteiger partial charge in [0.1, 0.15) is 36.8 Å². The zero-order valence-electron chi connectivity index (χ0n) is 38.6. The van der Waals surface area contributed by atoms with Crippen molar-refractivity contribution in [2.24, 2.45) is 0 Å². The summed E-state index contributed by atoms with van der Waals surface area (Å²) >= 11 is 0. The zero-order chi connectivity index (χ0) is 46.9. The fourth-order valence-corrected chi connectivity index (χ4v) is 6.97. The van der Waals surface area contributed by atoms with Gasteiger partial charge in [0.15, 0.2) is 12.4 Å². The van der Waals surface area contributed by atoms with Crippen LogP contribution in [-0.4, -0.2) is 96.0 Å². The lowest BCUT2D eigenvalue weighted by Gasteiger charge is -2.40. The Labute approximate surface area is 385 Å². The van der Waals surface area contributed by atoms with Crippen molar-refractivity contribution in [1.82, 2.24) is 0 Å². The molecule has 64 heavy (non-hydrogen) atoms. The van der Waals surface area contributed by atoms with Gasteiger partial charge in [0.05, 0.1) is 6.61 Å². The molecule has 6 unspecified atom stereocenters. The molecular formula is C51H80O12S. The lowest BCUT2D eigenvalue weighted by atomic mass is 10.00. The molecule has 0 radical (unpaired) electrons. The maximum atomic E-state index is 12.8. The number of ether oxygens (including phenoxy) is 4. The molecule has 13 heteroatoms. The van der Waals surface area contributed by atoms with E-state index in [4.69, 9.17) is 18.9 Å². The molecule has 4 N–H and O–H groups in total. The van der Waals surface area contributed by atoms with Crippen LogP contribution < -0.4 is 0 Å². The minimum Gasteiger partial charge on any atom is -0.462 e. The van der Waals surface area contributed by atoms with Crippen LogP contribution >= 0.6 is 0 Å². The predicted molar refractivity (Wildman–Crippen MR) is 256 cm³/mol. The first-order chi connectivity index (χ1) is 31.0. The molecule has 362 valence electrons. The summed E-state index contributed by atoms with van der Waals surface area (Å²) in [6.07, 6.45) is 45.5. The van der Waals surface area contributed by atoms with Crippen molar-refractivity contribution >= 4 is 22.1 Å². The first kappa shape index (κ1) is 58.3. The summed E-state index contributed by atoms with van der Waals surface area (Å²) in [5, 5.41) is 30.9. The van der Waals surface area contributed by atoms with Gasteiger partial charge < -0.3 is 34.3 Å². The Hall–Kier alpha value is -3.69. The molecule has 1 aliphatic rings. The molecule has 0 saturated carbocycles. The minimum absolute atomic E-state index is 0.112. The minimum atomic E-state index is -4.62. The van der Waals surface area contributed by atoms with Crippen LogP contribution in [0.4, 0.5) is 0 Å². The van der Waals surface area contributed by atoms with Gasteiger partial charge in [-0.1, -0.05) is 142 Å². The van der Waals surface area contributed by atoms with Gasteiger partial charge in [0, 0.05) is 12.8 Å². The lowest BCUT2D eigenvalue weighted by Crippen LogP contribution is -2.60. The molecule has 0 aromatic heterocycles. The van der Waals surface area contributed by atoms with Crippen LogP contribution in [0.2, 0.25) is 0 Å². The van der Waals surface area contributed by atoms with Crippen molar-refractivity contribution < 1.29 is 56.8 Å². The summed E-state index contributed by atoms with van der Waals surface area (Å²) in [5.41, 5.74) is 0. The van der Waals surface area contributed by atoms with E-state index >= 15 is 0 Å². The summed E-state index contributed by atoms with van der Waals surface area (Å²) in [6, 6.07) is 0. The molecule has 1 saturated heterocycles. The normalized spacial score (nSPS) is 20.6. The smallest absolute Gasteiger partial charge is 0.306 e. The monoisotopic (exact) mass is 917 g/mol. The van der Waals surface area contributed by atoms with Gasteiger partial charge in [0.25, 0.3) is 10.1 Å². The van der Waals surface area contributed by atoms with E-state index < -0.39 is 71.2 Å². The number of unbranched alkanes of at least 4 members (excludes halogenated alkanes) is 7. The molecular weight excluding hydrogens is 837 g/mol. The fraction of sp³-hybridized carbons (Fsp3) is 0.608. The first-order valence-corrected chi connectivity index (χ1v) is 25.1. The Morgan fingerprint density at radius 1 is 0.531 bits per heavy atom. The molecule has 12 nitrogen and oxygen atoms in total. The standard InChI is InChI=1S/C51H80O12S/c1-3-5-7-9-11-13-15-17-19-21-22-24-26-28-30-32-34-36-38-40-47(53)62-44(42-61-51-50(56)49(55)48(54)45(63-51)43-64(57,58)59)41-60-46(52)39-37-35-33-31-29-27-25-23-20-18-16-14-12-10-8-6-4-2/h5-8,11-14,17-20,22,24-25,27-28,30,44-45,48-51,54-56H,3-4,9-10,15-16,21,23,26,29,31-43H2,1-2H3,(H,57,58,59)/b7-5-,8-6-,13-11-,14-12-,19-17-,20-18-,24-22-,27-25-,30-28-. The van der Waals surface area contributed by atoms with Crippen LogP contribution in [0, 0.1) is 0 Å². The molecule has 0 spiro atoms. The van der Waals surface area contributed by atoms with E-state index in [2.05, 4.69) is 123 Å². The van der Waals surface area contributed by atoms with E-state index in [1.54, 1.807) is 0 Å². The molecule has 1 heterocycles. The topological polar surface area (TPSA) is 186 Å². The van der Waals surface area contributed by atoms with E-state index in [0.29, 0.717) is 12.8 Å². The number of carbonyl (C=O) groups is 2. The third-order valence-electron chi connectivity index (χ3n) is 9.85. The highest BCUT2D eigenvalue weighted by Crippen LogP contribution is 2.24. The van der Waals surface area contributed by atoms with Crippen molar-refractivity contribution in [1.29, 1.82) is 0 Å². The molecule has 1 aliphatic heterocycles. The van der Waals surface area contributed by atoms with Crippen molar-refractivity contribution in [3.8, 4) is 0 Å². The van der Waals surface area contributed by atoms with Gasteiger partial charge in [-0.25, -0.2) is 0 Å². The first-order valence-electron chi connectivity index (χ1n) is 23.4. The number of carbonyl (C=O) groups excluding carboxylic acids is 2. The number of aliphatic hydroxyl groups excluding tert-OH is 3. The second-order valence-corrected chi connectivity index (χ2v) is 17.1. The van der Waals surface area contributed by atoms with Crippen LogP contribution in [0.3, 0.4) is 0 Å². The Morgan fingerprint density at radius 2 is 0.938 bits per heavy atom. The molecule has 0 bridgehead atoms. The van der Waals surface area contributed by atoms with Crippen molar-refractivity contribution in [2.45, 2.75) is 179 Å². The Bertz CT molecular complexity index is 1590.